The minimum Gasteiger partial charge on any atom is -0.202 e. The number of hydrogen-bond acceptors (Lipinski definition) is 2. The van der Waals surface area contributed by atoms with Gasteiger partial charge in [-0.15, -0.1) is 4.91 Å². The molecule has 5 heteroatoms. The zero-order valence-electron chi connectivity index (χ0n) is 6.72. The summed E-state index contributed by atoms with van der Waals surface area (Å²) in [6.45, 7) is 0.711. The topological polar surface area (TPSA) is 29.4 Å². The maximum absolute atomic E-state index is 12.8. The van der Waals surface area contributed by atoms with Crippen molar-refractivity contribution in [3.05, 3.63) is 33.7 Å². The smallest absolute Gasteiger partial charge is 0.202 e. The first-order valence-corrected chi connectivity index (χ1v) is 3.84. The minimum absolute atomic E-state index is 0.0547. The van der Waals surface area contributed by atoms with E-state index < -0.39 is 5.92 Å². The highest BCUT2D eigenvalue weighted by Crippen LogP contribution is 2.35. The fourth-order valence-corrected chi connectivity index (χ4v) is 1.19. The van der Waals surface area contributed by atoms with Crippen LogP contribution in [0.2, 0.25) is 5.02 Å². The molecule has 0 saturated carbocycles. The predicted octanol–water partition coefficient (Wildman–Crippen LogP) is 3.85. The Labute approximate surface area is 78.5 Å². The van der Waals surface area contributed by atoms with Crippen LogP contribution in [-0.4, -0.2) is 0 Å². The van der Waals surface area contributed by atoms with Gasteiger partial charge in [0.15, 0.2) is 0 Å². The van der Waals surface area contributed by atoms with E-state index in [0.29, 0.717) is 6.92 Å². The molecule has 0 atom stereocenters. The first-order valence-electron chi connectivity index (χ1n) is 3.46. The fraction of sp³-hybridized carbons (Fsp3) is 0.250. The van der Waals surface area contributed by atoms with Crippen LogP contribution < -0.4 is 0 Å². The first-order chi connectivity index (χ1) is 5.95. The molecule has 13 heavy (non-hydrogen) atoms. The Morgan fingerprint density at radius 2 is 2.08 bits per heavy atom. The summed E-state index contributed by atoms with van der Waals surface area (Å²) in [7, 11) is 0. The van der Waals surface area contributed by atoms with Crippen molar-refractivity contribution in [1.29, 1.82) is 0 Å². The third-order valence-corrected chi connectivity index (χ3v) is 1.86. The van der Waals surface area contributed by atoms with Crippen molar-refractivity contribution in [2.75, 3.05) is 0 Å². The lowest BCUT2D eigenvalue weighted by molar-refractivity contribution is 0.0176. The van der Waals surface area contributed by atoms with Gasteiger partial charge in [0.1, 0.15) is 5.69 Å². The van der Waals surface area contributed by atoms with Crippen molar-refractivity contribution in [2.24, 2.45) is 5.18 Å². The molecular weight excluding hydrogens is 200 g/mol. The van der Waals surface area contributed by atoms with Gasteiger partial charge in [0.05, 0.1) is 0 Å². The van der Waals surface area contributed by atoms with Crippen LogP contribution in [-0.2, 0) is 5.92 Å². The number of benzene rings is 1. The molecule has 0 bridgehead atoms. The van der Waals surface area contributed by atoms with Gasteiger partial charge in [0.25, 0.3) is 5.92 Å². The highest BCUT2D eigenvalue weighted by atomic mass is 35.5. The Kier molecular flexibility index (Phi) is 2.61. The third kappa shape index (κ3) is 2.21. The summed E-state index contributed by atoms with van der Waals surface area (Å²) >= 11 is 5.51. The molecule has 0 aromatic heterocycles. The van der Waals surface area contributed by atoms with Gasteiger partial charge in [-0.1, -0.05) is 11.6 Å². The lowest BCUT2D eigenvalue weighted by Crippen LogP contribution is -2.07. The van der Waals surface area contributed by atoms with Crippen molar-refractivity contribution >= 4 is 17.3 Å². The molecule has 0 radical (unpaired) electrons. The molecule has 0 unspecified atom stereocenters. The van der Waals surface area contributed by atoms with Crippen molar-refractivity contribution in [1.82, 2.24) is 0 Å². The van der Waals surface area contributed by atoms with Gasteiger partial charge in [-0.2, -0.15) is 0 Å². The van der Waals surface area contributed by atoms with Crippen LogP contribution in [0.15, 0.2) is 23.4 Å². The Bertz CT molecular complexity index is 335. The molecule has 70 valence electrons. The predicted molar refractivity (Wildman–Crippen MR) is 46.5 cm³/mol. The molecule has 2 nitrogen and oxygen atoms in total. The van der Waals surface area contributed by atoms with E-state index in [-0.39, 0.29) is 16.3 Å². The molecule has 0 N–H and O–H groups in total. The number of halogens is 3. The second kappa shape index (κ2) is 3.38. The maximum Gasteiger partial charge on any atom is 0.272 e. The summed E-state index contributed by atoms with van der Waals surface area (Å²) in [6, 6.07) is 3.49. The molecule has 0 aliphatic heterocycles. The van der Waals surface area contributed by atoms with Gasteiger partial charge in [-0.05, 0) is 23.4 Å². The first kappa shape index (κ1) is 10.1. The van der Waals surface area contributed by atoms with Crippen LogP contribution in [0.25, 0.3) is 0 Å². The van der Waals surface area contributed by atoms with E-state index in [9.17, 15) is 13.7 Å². The van der Waals surface area contributed by atoms with Gasteiger partial charge in [-0.25, -0.2) is 8.78 Å². The molecule has 0 saturated heterocycles. The molecule has 1 rings (SSSR count). The molecule has 0 heterocycles. The SMILES string of the molecule is CC(F)(F)c1cc(N=O)ccc1Cl. The highest BCUT2D eigenvalue weighted by molar-refractivity contribution is 6.31. The lowest BCUT2D eigenvalue weighted by atomic mass is 10.1. The van der Waals surface area contributed by atoms with Crippen molar-refractivity contribution < 1.29 is 8.78 Å². The van der Waals surface area contributed by atoms with E-state index in [0.717, 1.165) is 6.07 Å². The van der Waals surface area contributed by atoms with Gasteiger partial charge < -0.3 is 0 Å². The summed E-state index contributed by atoms with van der Waals surface area (Å²) in [5.74, 6) is -3.06. The molecule has 1 aromatic rings. The Balaban J connectivity index is 3.27. The van der Waals surface area contributed by atoms with Gasteiger partial charge >= 0.3 is 0 Å². The van der Waals surface area contributed by atoms with Crippen LogP contribution in [0, 0.1) is 4.91 Å². The van der Waals surface area contributed by atoms with E-state index in [2.05, 4.69) is 5.18 Å². The van der Waals surface area contributed by atoms with Crippen LogP contribution in [0.1, 0.15) is 12.5 Å². The number of hydrogen-bond donors (Lipinski definition) is 0. The fourth-order valence-electron chi connectivity index (χ4n) is 0.906. The summed E-state index contributed by atoms with van der Waals surface area (Å²) in [5.41, 5.74) is -0.438. The van der Waals surface area contributed by atoms with E-state index in [1.54, 1.807) is 0 Å². The number of rotatable bonds is 2. The Morgan fingerprint density at radius 3 is 2.54 bits per heavy atom. The van der Waals surface area contributed by atoms with Gasteiger partial charge in [0, 0.05) is 17.5 Å². The van der Waals surface area contributed by atoms with E-state index >= 15 is 0 Å². The average molecular weight is 206 g/mol. The average Bonchev–Trinajstić information content (AvgIpc) is 2.03. The van der Waals surface area contributed by atoms with Crippen molar-refractivity contribution in [3.63, 3.8) is 0 Å². The minimum atomic E-state index is -3.06. The summed E-state index contributed by atoms with van der Waals surface area (Å²) < 4.78 is 25.6. The van der Waals surface area contributed by atoms with Crippen LogP contribution in [0.5, 0.6) is 0 Å². The second-order valence-corrected chi connectivity index (χ2v) is 3.05. The quantitative estimate of drug-likeness (QED) is 0.675. The molecule has 0 aliphatic rings. The van der Waals surface area contributed by atoms with Crippen molar-refractivity contribution in [2.45, 2.75) is 12.8 Å². The third-order valence-electron chi connectivity index (χ3n) is 1.53. The molecule has 0 amide bonds. The summed E-state index contributed by atoms with van der Waals surface area (Å²) in [6.07, 6.45) is 0. The molecule has 0 aliphatic carbocycles. The van der Waals surface area contributed by atoms with Crippen LogP contribution >= 0.6 is 11.6 Å². The Morgan fingerprint density at radius 1 is 1.46 bits per heavy atom. The Hall–Kier alpha value is -1.03. The maximum atomic E-state index is 12.8. The number of alkyl halides is 2. The zero-order chi connectivity index (χ0) is 10.1. The summed E-state index contributed by atoms with van der Waals surface area (Å²) in [5, 5.41) is 2.47. The number of nitrogens with zero attached hydrogens (tertiary/aromatic N) is 1. The van der Waals surface area contributed by atoms with Crippen LogP contribution in [0.4, 0.5) is 14.5 Å². The molecular formula is C8H6ClF2NO. The standard InChI is InChI=1S/C8H6ClF2NO/c1-8(10,11)6-4-5(12-13)2-3-7(6)9/h2-4H,1H3. The largest absolute Gasteiger partial charge is 0.272 e. The highest BCUT2D eigenvalue weighted by Gasteiger charge is 2.27. The van der Waals surface area contributed by atoms with E-state index in [1.807, 2.05) is 0 Å². The molecule has 0 fully saturated rings. The van der Waals surface area contributed by atoms with E-state index in [4.69, 9.17) is 11.6 Å². The van der Waals surface area contributed by atoms with Gasteiger partial charge in [-0.3, -0.25) is 0 Å². The lowest BCUT2D eigenvalue weighted by Gasteiger charge is -2.11. The monoisotopic (exact) mass is 205 g/mol. The molecule has 1 aromatic carbocycles. The van der Waals surface area contributed by atoms with E-state index in [1.165, 1.54) is 12.1 Å². The molecule has 0 spiro atoms. The van der Waals surface area contributed by atoms with Crippen LogP contribution in [0.3, 0.4) is 0 Å². The summed E-state index contributed by atoms with van der Waals surface area (Å²) in [4.78, 5) is 10.1. The zero-order valence-corrected chi connectivity index (χ0v) is 7.48. The van der Waals surface area contributed by atoms with Crippen molar-refractivity contribution in [3.8, 4) is 0 Å². The van der Waals surface area contributed by atoms with Gasteiger partial charge in [0.2, 0.25) is 0 Å². The second-order valence-electron chi connectivity index (χ2n) is 2.64. The number of nitroso groups, excluding NO2 is 1. The normalized spacial score (nSPS) is 11.4.